The minimum Gasteiger partial charge on any atom is -0.459 e. The van der Waals surface area contributed by atoms with Gasteiger partial charge in [-0.25, -0.2) is 9.78 Å². The highest BCUT2D eigenvalue weighted by Crippen LogP contribution is 2.32. The molecule has 1 heterocycles. The normalized spacial score (nSPS) is 17.8. The number of hydrogen-bond donors (Lipinski definition) is 0. The van der Waals surface area contributed by atoms with Crippen LogP contribution in [0.4, 0.5) is 0 Å². The minimum atomic E-state index is -0.353. The summed E-state index contributed by atoms with van der Waals surface area (Å²) in [5.74, 6) is 6.92. The van der Waals surface area contributed by atoms with Gasteiger partial charge in [-0.3, -0.25) is 4.79 Å². The Morgan fingerprint density at radius 1 is 0.946 bits per heavy atom. The fourth-order valence-corrected chi connectivity index (χ4v) is 4.79. The van der Waals surface area contributed by atoms with Crippen LogP contribution in [0.15, 0.2) is 42.6 Å². The average molecular weight is 504 g/mol. The molecule has 0 radical (unpaired) electrons. The lowest BCUT2D eigenvalue weighted by atomic mass is 9.80. The molecule has 37 heavy (non-hydrogen) atoms. The summed E-state index contributed by atoms with van der Waals surface area (Å²) < 4.78 is 11.1. The van der Waals surface area contributed by atoms with E-state index in [4.69, 9.17) is 9.47 Å². The second kappa shape index (κ2) is 15.2. The number of carbonyl (C=O) groups excluding carboxylic acids is 2. The molecule has 1 aromatic carbocycles. The van der Waals surface area contributed by atoms with Gasteiger partial charge in [-0.1, -0.05) is 51.9 Å². The van der Waals surface area contributed by atoms with E-state index in [9.17, 15) is 9.59 Å². The van der Waals surface area contributed by atoms with Crippen LogP contribution < -0.4 is 4.74 Å². The number of esters is 2. The van der Waals surface area contributed by atoms with Crippen molar-refractivity contribution in [1.29, 1.82) is 0 Å². The third-order valence-corrected chi connectivity index (χ3v) is 7.06. The van der Waals surface area contributed by atoms with Crippen LogP contribution in [0.25, 0.3) is 0 Å². The zero-order valence-electron chi connectivity index (χ0n) is 22.6. The van der Waals surface area contributed by atoms with Gasteiger partial charge in [0.05, 0.1) is 17.6 Å². The molecule has 3 rings (SSSR count). The summed E-state index contributed by atoms with van der Waals surface area (Å²) in [6.45, 7) is 6.33. The lowest BCUT2D eigenvalue weighted by molar-refractivity contribution is -0.140. The quantitative estimate of drug-likeness (QED) is 0.137. The molecule has 1 atom stereocenters. The number of unbranched alkanes of at least 4 members (excludes halogenated alkanes) is 3. The van der Waals surface area contributed by atoms with E-state index < -0.39 is 0 Å². The highest BCUT2D eigenvalue weighted by atomic mass is 16.5. The van der Waals surface area contributed by atoms with E-state index in [1.807, 2.05) is 19.1 Å². The number of rotatable bonds is 11. The van der Waals surface area contributed by atoms with Crippen molar-refractivity contribution >= 4 is 11.9 Å². The van der Waals surface area contributed by atoms with Crippen LogP contribution in [0.2, 0.25) is 0 Å². The van der Waals surface area contributed by atoms with Crippen LogP contribution in [0, 0.1) is 23.7 Å². The van der Waals surface area contributed by atoms with Crippen LogP contribution in [0.3, 0.4) is 0 Å². The van der Waals surface area contributed by atoms with Crippen molar-refractivity contribution in [3.8, 4) is 17.6 Å². The van der Waals surface area contributed by atoms with E-state index in [1.54, 1.807) is 24.3 Å². The van der Waals surface area contributed by atoms with Crippen LogP contribution in [-0.4, -0.2) is 23.0 Å². The zero-order valence-corrected chi connectivity index (χ0v) is 22.6. The van der Waals surface area contributed by atoms with Crippen LogP contribution in [-0.2, 0) is 9.53 Å². The molecule has 0 bridgehead atoms. The molecule has 0 unspecified atom stereocenters. The molecule has 2 aromatic rings. The van der Waals surface area contributed by atoms with Gasteiger partial charge in [-0.15, -0.1) is 0 Å². The topological polar surface area (TPSA) is 65.5 Å². The van der Waals surface area contributed by atoms with E-state index in [-0.39, 0.29) is 24.0 Å². The van der Waals surface area contributed by atoms with Gasteiger partial charge in [0, 0.05) is 11.8 Å². The van der Waals surface area contributed by atoms with Crippen molar-refractivity contribution < 1.29 is 19.1 Å². The molecule has 1 fully saturated rings. The molecule has 0 N–H and O–H groups in total. The Bertz CT molecular complexity index is 1040. The van der Waals surface area contributed by atoms with Crippen LogP contribution in [0.5, 0.6) is 5.75 Å². The first-order valence-electron chi connectivity index (χ1n) is 14.0. The van der Waals surface area contributed by atoms with E-state index in [0.29, 0.717) is 17.0 Å². The Kier molecular flexibility index (Phi) is 11.7. The monoisotopic (exact) mass is 503 g/mol. The standard InChI is InChI=1S/C32H41NO4/c1-4-6-7-8-10-24(3)36-32(35)28-18-20-29(33-23-28)19-13-26-14-21-30(22-15-26)37-31(34)27-16-11-25(9-5-2)12-17-27/h14-15,18,20-25,27H,4-12,16-17H2,1-3H3/t24-,25?,27?/m1/s1. The summed E-state index contributed by atoms with van der Waals surface area (Å²) in [6.07, 6.45) is 13.5. The molecular weight excluding hydrogens is 462 g/mol. The Balaban J connectivity index is 1.46. The SMILES string of the molecule is CCCCCC[C@@H](C)OC(=O)c1ccc(C#Cc2ccc(OC(=O)C3CCC(CCC)CC3)cc2)nc1. The second-order valence-corrected chi connectivity index (χ2v) is 10.2. The Morgan fingerprint density at radius 3 is 2.35 bits per heavy atom. The number of carbonyl (C=O) groups is 2. The minimum absolute atomic E-state index is 0.00732. The summed E-state index contributed by atoms with van der Waals surface area (Å²) in [6, 6.07) is 10.6. The summed E-state index contributed by atoms with van der Waals surface area (Å²) in [4.78, 5) is 29.2. The van der Waals surface area contributed by atoms with Gasteiger partial charge in [0.2, 0.25) is 0 Å². The molecule has 198 valence electrons. The fraction of sp³-hybridized carbons (Fsp3) is 0.531. The first-order valence-corrected chi connectivity index (χ1v) is 14.0. The Morgan fingerprint density at radius 2 is 1.70 bits per heavy atom. The van der Waals surface area contributed by atoms with Crippen molar-refractivity contribution in [3.63, 3.8) is 0 Å². The van der Waals surface area contributed by atoms with Gasteiger partial charge in [0.15, 0.2) is 0 Å². The molecule has 1 aliphatic rings. The molecule has 0 aliphatic heterocycles. The smallest absolute Gasteiger partial charge is 0.339 e. The summed E-state index contributed by atoms with van der Waals surface area (Å²) >= 11 is 0. The first kappa shape index (κ1) is 28.4. The zero-order chi connectivity index (χ0) is 26.5. The molecule has 0 amide bonds. The lowest BCUT2D eigenvalue weighted by Gasteiger charge is -2.26. The molecule has 1 aliphatic carbocycles. The maximum absolute atomic E-state index is 12.5. The highest BCUT2D eigenvalue weighted by Gasteiger charge is 2.27. The summed E-state index contributed by atoms with van der Waals surface area (Å²) in [5, 5.41) is 0. The van der Waals surface area contributed by atoms with Gasteiger partial charge in [0.1, 0.15) is 11.4 Å². The predicted octanol–water partition coefficient (Wildman–Crippen LogP) is 7.51. The summed E-state index contributed by atoms with van der Waals surface area (Å²) in [5.41, 5.74) is 1.79. The fourth-order valence-electron chi connectivity index (χ4n) is 4.79. The molecule has 5 heteroatoms. The van der Waals surface area contributed by atoms with E-state index in [2.05, 4.69) is 30.7 Å². The maximum Gasteiger partial charge on any atom is 0.339 e. The van der Waals surface area contributed by atoms with E-state index in [0.717, 1.165) is 50.0 Å². The predicted molar refractivity (Wildman–Crippen MR) is 146 cm³/mol. The maximum atomic E-state index is 12.5. The molecule has 0 spiro atoms. The van der Waals surface area contributed by atoms with Crippen molar-refractivity contribution in [2.75, 3.05) is 0 Å². The van der Waals surface area contributed by atoms with Crippen LogP contribution >= 0.6 is 0 Å². The van der Waals surface area contributed by atoms with Gasteiger partial charge in [-0.05, 0) is 93.7 Å². The molecular formula is C32H41NO4. The van der Waals surface area contributed by atoms with Crippen molar-refractivity contribution in [1.82, 2.24) is 4.98 Å². The highest BCUT2D eigenvalue weighted by molar-refractivity contribution is 5.89. The average Bonchev–Trinajstić information content (AvgIpc) is 2.91. The summed E-state index contributed by atoms with van der Waals surface area (Å²) in [7, 11) is 0. The number of nitrogens with zero attached hydrogens (tertiary/aromatic N) is 1. The van der Waals surface area contributed by atoms with Gasteiger partial charge in [-0.2, -0.15) is 0 Å². The van der Waals surface area contributed by atoms with Gasteiger partial charge < -0.3 is 9.47 Å². The molecule has 1 saturated carbocycles. The third-order valence-electron chi connectivity index (χ3n) is 7.06. The second-order valence-electron chi connectivity index (χ2n) is 10.2. The number of aromatic nitrogens is 1. The molecule has 1 aromatic heterocycles. The number of benzene rings is 1. The Labute approximate surface area is 222 Å². The van der Waals surface area contributed by atoms with E-state index >= 15 is 0 Å². The van der Waals surface area contributed by atoms with E-state index in [1.165, 1.54) is 38.3 Å². The van der Waals surface area contributed by atoms with Crippen molar-refractivity contribution in [2.45, 2.75) is 97.5 Å². The number of pyridine rings is 1. The molecule has 0 saturated heterocycles. The lowest BCUT2D eigenvalue weighted by Crippen LogP contribution is -2.25. The number of hydrogen-bond acceptors (Lipinski definition) is 5. The third kappa shape index (κ3) is 9.69. The van der Waals surface area contributed by atoms with Gasteiger partial charge in [0.25, 0.3) is 0 Å². The van der Waals surface area contributed by atoms with Crippen molar-refractivity contribution in [3.05, 3.63) is 59.4 Å². The number of ether oxygens (including phenoxy) is 2. The first-order chi connectivity index (χ1) is 18.0. The van der Waals surface area contributed by atoms with Crippen molar-refractivity contribution in [2.24, 2.45) is 11.8 Å². The van der Waals surface area contributed by atoms with Gasteiger partial charge >= 0.3 is 11.9 Å². The largest absolute Gasteiger partial charge is 0.459 e. The van der Waals surface area contributed by atoms with Crippen LogP contribution in [0.1, 0.15) is 113 Å². The molecule has 5 nitrogen and oxygen atoms in total. The Hall–Kier alpha value is -3.13.